The van der Waals surface area contributed by atoms with E-state index in [1.165, 1.54) is 13.0 Å². The largest absolute Gasteiger partial charge is 0.416 e. The lowest BCUT2D eigenvalue weighted by atomic mass is 9.99. The highest BCUT2D eigenvalue weighted by molar-refractivity contribution is 7.78. The zero-order valence-corrected chi connectivity index (χ0v) is 12.0. The Kier molecular flexibility index (Phi) is 4.49. The van der Waals surface area contributed by atoms with Crippen LogP contribution < -0.4 is 0 Å². The normalized spacial score (nSPS) is 13.2. The Labute approximate surface area is 122 Å². The monoisotopic (exact) mass is 314 g/mol. The summed E-state index contributed by atoms with van der Waals surface area (Å²) in [6.45, 7) is 1.42. The van der Waals surface area contributed by atoms with Gasteiger partial charge in [-0.3, -0.25) is 0 Å². The molecule has 6 heteroatoms. The van der Waals surface area contributed by atoms with Gasteiger partial charge in [-0.25, -0.2) is 4.21 Å². The molecule has 2 aromatic carbocycles. The predicted molar refractivity (Wildman–Crippen MR) is 76.1 cm³/mol. The molecule has 0 radical (unpaired) electrons. The van der Waals surface area contributed by atoms with Crippen LogP contribution in [-0.4, -0.2) is 8.76 Å². The molecule has 21 heavy (non-hydrogen) atoms. The Morgan fingerprint density at radius 1 is 1.05 bits per heavy atom. The molecule has 0 aromatic heterocycles. The molecule has 1 N–H and O–H groups in total. The Morgan fingerprint density at radius 3 is 2.14 bits per heavy atom. The van der Waals surface area contributed by atoms with Gasteiger partial charge >= 0.3 is 6.18 Å². The van der Waals surface area contributed by atoms with Gasteiger partial charge in [0.2, 0.25) is 0 Å². The summed E-state index contributed by atoms with van der Waals surface area (Å²) in [6.07, 6.45) is -4.38. The van der Waals surface area contributed by atoms with Crippen LogP contribution in [-0.2, 0) is 23.0 Å². The molecule has 1 unspecified atom stereocenters. The summed E-state index contributed by atoms with van der Waals surface area (Å²) in [7, 11) is 0. The van der Waals surface area contributed by atoms with Crippen LogP contribution in [0.5, 0.6) is 0 Å². The van der Waals surface area contributed by atoms with Gasteiger partial charge in [-0.05, 0) is 35.2 Å². The first kappa shape index (κ1) is 15.7. The summed E-state index contributed by atoms with van der Waals surface area (Å²) >= 11 is -1.93. The third kappa shape index (κ3) is 3.92. The molecule has 2 aromatic rings. The van der Waals surface area contributed by atoms with E-state index >= 15 is 0 Å². The van der Waals surface area contributed by atoms with Gasteiger partial charge in [0, 0.05) is 0 Å². The van der Waals surface area contributed by atoms with Crippen LogP contribution in [0.15, 0.2) is 42.5 Å². The van der Waals surface area contributed by atoms with E-state index in [1.807, 2.05) is 0 Å². The smallest absolute Gasteiger partial charge is 0.306 e. The second-order valence-corrected chi connectivity index (χ2v) is 5.62. The van der Waals surface area contributed by atoms with Crippen molar-refractivity contribution in [3.8, 4) is 11.1 Å². The summed E-state index contributed by atoms with van der Waals surface area (Å²) in [5.41, 5.74) is 1.28. The van der Waals surface area contributed by atoms with Crippen molar-refractivity contribution >= 4 is 11.1 Å². The Morgan fingerprint density at radius 2 is 1.62 bits per heavy atom. The second kappa shape index (κ2) is 5.99. The molecule has 0 saturated carbocycles. The third-order valence-corrected chi connectivity index (χ3v) is 3.70. The zero-order chi connectivity index (χ0) is 15.6. The van der Waals surface area contributed by atoms with Crippen LogP contribution in [0, 0.1) is 6.92 Å². The maximum atomic E-state index is 12.9. The van der Waals surface area contributed by atoms with Crippen molar-refractivity contribution in [1.82, 2.24) is 0 Å². The topological polar surface area (TPSA) is 37.3 Å². The third-order valence-electron chi connectivity index (χ3n) is 3.12. The molecule has 2 nitrogen and oxygen atoms in total. The molecular formula is C15H13F3O2S. The van der Waals surface area contributed by atoms with E-state index in [4.69, 9.17) is 4.55 Å². The van der Waals surface area contributed by atoms with Gasteiger partial charge in [0.25, 0.3) is 0 Å². The molecule has 0 fully saturated rings. The first-order chi connectivity index (χ1) is 9.77. The fourth-order valence-corrected chi connectivity index (χ4v) is 2.52. The quantitative estimate of drug-likeness (QED) is 0.853. The predicted octanol–water partition coefficient (Wildman–Crippen LogP) is 4.40. The lowest BCUT2D eigenvalue weighted by molar-refractivity contribution is -0.138. The first-order valence-corrected chi connectivity index (χ1v) is 7.39. The first-order valence-electron chi connectivity index (χ1n) is 6.12. The highest BCUT2D eigenvalue weighted by Crippen LogP contribution is 2.34. The van der Waals surface area contributed by atoms with E-state index in [0.717, 1.165) is 6.07 Å². The van der Waals surface area contributed by atoms with Crippen LogP contribution in [0.4, 0.5) is 13.2 Å². The molecule has 0 aliphatic carbocycles. The van der Waals surface area contributed by atoms with Crippen molar-refractivity contribution in [1.29, 1.82) is 0 Å². The summed E-state index contributed by atoms with van der Waals surface area (Å²) in [4.78, 5) is 0. The lowest BCUT2D eigenvalue weighted by Crippen LogP contribution is -2.07. The number of rotatable bonds is 3. The molecule has 0 saturated heterocycles. The SMILES string of the molecule is Cc1ccc(-c2ccc(CS(=O)O)cc2)cc1C(F)(F)F. The minimum Gasteiger partial charge on any atom is -0.306 e. The van der Waals surface area contributed by atoms with Crippen molar-refractivity contribution in [3.63, 3.8) is 0 Å². The molecule has 0 aliphatic heterocycles. The van der Waals surface area contributed by atoms with Gasteiger partial charge in [0.15, 0.2) is 11.1 Å². The van der Waals surface area contributed by atoms with Crippen LogP contribution in [0.2, 0.25) is 0 Å². The van der Waals surface area contributed by atoms with Gasteiger partial charge in [-0.15, -0.1) is 0 Å². The highest BCUT2D eigenvalue weighted by atomic mass is 32.2. The van der Waals surface area contributed by atoms with E-state index in [1.54, 1.807) is 30.3 Å². The molecule has 1 atom stereocenters. The number of aryl methyl sites for hydroxylation is 1. The summed E-state index contributed by atoms with van der Waals surface area (Å²) in [6, 6.07) is 10.8. The fraction of sp³-hybridized carbons (Fsp3) is 0.200. The number of hydrogen-bond donors (Lipinski definition) is 1. The fourth-order valence-electron chi connectivity index (χ4n) is 2.04. The minimum absolute atomic E-state index is 0.00196. The molecule has 0 amide bonds. The van der Waals surface area contributed by atoms with Crippen molar-refractivity contribution in [2.45, 2.75) is 18.9 Å². The minimum atomic E-state index is -4.38. The van der Waals surface area contributed by atoms with Crippen LogP contribution in [0.25, 0.3) is 11.1 Å². The van der Waals surface area contributed by atoms with E-state index in [9.17, 15) is 17.4 Å². The zero-order valence-electron chi connectivity index (χ0n) is 11.1. The maximum Gasteiger partial charge on any atom is 0.416 e. The Hall–Kier alpha value is -1.66. The van der Waals surface area contributed by atoms with Crippen molar-refractivity contribution in [3.05, 3.63) is 59.2 Å². The molecular weight excluding hydrogens is 301 g/mol. The van der Waals surface area contributed by atoms with Crippen LogP contribution >= 0.6 is 0 Å². The second-order valence-electron chi connectivity index (χ2n) is 4.69. The highest BCUT2D eigenvalue weighted by Gasteiger charge is 2.32. The van der Waals surface area contributed by atoms with E-state index < -0.39 is 22.8 Å². The Bertz CT molecular complexity index is 664. The van der Waals surface area contributed by atoms with E-state index in [2.05, 4.69) is 0 Å². The van der Waals surface area contributed by atoms with Gasteiger partial charge in [-0.2, -0.15) is 13.2 Å². The standard InChI is InChI=1S/C15H13F3O2S/c1-10-2-5-13(8-14(10)15(16,17)18)12-6-3-11(4-7-12)9-21(19)20/h2-8H,9H2,1H3,(H,19,20). The Balaban J connectivity index is 2.36. The van der Waals surface area contributed by atoms with Gasteiger partial charge in [0.05, 0.1) is 11.3 Å². The molecule has 112 valence electrons. The summed E-state index contributed by atoms with van der Waals surface area (Å²) < 4.78 is 58.2. The van der Waals surface area contributed by atoms with Gasteiger partial charge in [0.1, 0.15) is 0 Å². The van der Waals surface area contributed by atoms with E-state index in [-0.39, 0.29) is 11.3 Å². The lowest BCUT2D eigenvalue weighted by Gasteiger charge is -2.12. The maximum absolute atomic E-state index is 12.9. The number of hydrogen-bond acceptors (Lipinski definition) is 1. The molecule has 0 spiro atoms. The summed E-state index contributed by atoms with van der Waals surface area (Å²) in [5.74, 6) is 0.00196. The number of alkyl halides is 3. The van der Waals surface area contributed by atoms with Crippen molar-refractivity contribution < 1.29 is 21.9 Å². The molecule has 0 aliphatic rings. The number of benzene rings is 2. The van der Waals surface area contributed by atoms with Crippen LogP contribution in [0.3, 0.4) is 0 Å². The molecule has 0 heterocycles. The van der Waals surface area contributed by atoms with Gasteiger partial charge in [-0.1, -0.05) is 36.4 Å². The molecule has 0 bridgehead atoms. The van der Waals surface area contributed by atoms with Crippen molar-refractivity contribution in [2.75, 3.05) is 0 Å². The van der Waals surface area contributed by atoms with Gasteiger partial charge < -0.3 is 4.55 Å². The van der Waals surface area contributed by atoms with E-state index in [0.29, 0.717) is 16.7 Å². The average molecular weight is 314 g/mol. The number of halogens is 3. The van der Waals surface area contributed by atoms with Crippen LogP contribution in [0.1, 0.15) is 16.7 Å². The van der Waals surface area contributed by atoms with Crippen molar-refractivity contribution in [2.24, 2.45) is 0 Å². The average Bonchev–Trinajstić information content (AvgIpc) is 2.38. The summed E-state index contributed by atoms with van der Waals surface area (Å²) in [5, 5.41) is 0. The molecule has 2 rings (SSSR count).